The van der Waals surface area contributed by atoms with E-state index in [1.165, 1.54) is 0 Å². The molecule has 3 nitrogen and oxygen atoms in total. The molecule has 4 heteroatoms. The number of nitrogens with zero attached hydrogens (tertiary/aromatic N) is 2. The van der Waals surface area contributed by atoms with Crippen molar-refractivity contribution in [2.24, 2.45) is 10.9 Å². The summed E-state index contributed by atoms with van der Waals surface area (Å²) in [5, 5.41) is 6.20. The Hall–Kier alpha value is -1.55. The number of aliphatic imine (C=N–C) groups is 1. The van der Waals surface area contributed by atoms with Crippen LogP contribution in [0.25, 0.3) is 10.9 Å². The predicted molar refractivity (Wildman–Crippen MR) is 88.6 cm³/mol. The number of anilines is 1. The van der Waals surface area contributed by atoms with E-state index < -0.39 is 0 Å². The number of pyridine rings is 1. The lowest BCUT2D eigenvalue weighted by atomic mass is 10.1. The molecule has 1 N–H and O–H groups in total. The van der Waals surface area contributed by atoms with Crippen LogP contribution in [0.5, 0.6) is 0 Å². The fraction of sp³-hybridized carbons (Fsp3) is 0.375. The SMILES string of the molecule is Cc1ccc2cccc(NC3=NCC(C(C)C)S3)c2n1. The highest BCUT2D eigenvalue weighted by molar-refractivity contribution is 8.15. The van der Waals surface area contributed by atoms with Crippen LogP contribution in [0.4, 0.5) is 5.69 Å². The van der Waals surface area contributed by atoms with Crippen LogP contribution >= 0.6 is 11.8 Å². The molecule has 0 spiro atoms. The maximum atomic E-state index is 4.65. The number of fused-ring (bicyclic) bond motifs is 1. The van der Waals surface area contributed by atoms with E-state index in [2.05, 4.69) is 53.4 Å². The highest BCUT2D eigenvalue weighted by Gasteiger charge is 2.22. The van der Waals surface area contributed by atoms with Crippen LogP contribution in [0.3, 0.4) is 0 Å². The lowest BCUT2D eigenvalue weighted by Gasteiger charge is -2.13. The van der Waals surface area contributed by atoms with Crippen molar-refractivity contribution in [3.05, 3.63) is 36.0 Å². The molecule has 0 amide bonds. The first-order valence-corrected chi connectivity index (χ1v) is 7.86. The van der Waals surface area contributed by atoms with Crippen LogP contribution in [0.15, 0.2) is 35.3 Å². The Morgan fingerprint density at radius 1 is 1.25 bits per heavy atom. The number of hydrogen-bond donors (Lipinski definition) is 1. The Morgan fingerprint density at radius 2 is 2.10 bits per heavy atom. The molecule has 1 unspecified atom stereocenters. The molecule has 1 aromatic carbocycles. The van der Waals surface area contributed by atoms with Crippen molar-refractivity contribution in [1.29, 1.82) is 0 Å². The zero-order chi connectivity index (χ0) is 14.1. The molecule has 0 aliphatic carbocycles. The molecule has 0 radical (unpaired) electrons. The van der Waals surface area contributed by atoms with E-state index >= 15 is 0 Å². The minimum atomic E-state index is 0.585. The monoisotopic (exact) mass is 285 g/mol. The summed E-state index contributed by atoms with van der Waals surface area (Å²) in [6.45, 7) is 7.42. The Kier molecular flexibility index (Phi) is 3.66. The van der Waals surface area contributed by atoms with Gasteiger partial charge >= 0.3 is 0 Å². The zero-order valence-corrected chi connectivity index (χ0v) is 12.9. The summed E-state index contributed by atoms with van der Waals surface area (Å²) in [5.74, 6) is 0.649. The van der Waals surface area contributed by atoms with Gasteiger partial charge in [0, 0.05) is 16.3 Å². The first-order chi connectivity index (χ1) is 9.63. The fourth-order valence-electron chi connectivity index (χ4n) is 2.27. The number of aromatic nitrogens is 1. The number of aryl methyl sites for hydroxylation is 1. The second-order valence-corrected chi connectivity index (χ2v) is 6.73. The highest BCUT2D eigenvalue weighted by Crippen LogP contribution is 2.29. The lowest BCUT2D eigenvalue weighted by molar-refractivity contribution is 0.621. The zero-order valence-electron chi connectivity index (χ0n) is 12.1. The molecule has 3 rings (SSSR count). The van der Waals surface area contributed by atoms with E-state index in [1.807, 2.05) is 24.8 Å². The molecule has 2 aromatic rings. The molecule has 1 aliphatic heterocycles. The largest absolute Gasteiger partial charge is 0.333 e. The minimum absolute atomic E-state index is 0.585. The summed E-state index contributed by atoms with van der Waals surface area (Å²) in [6, 6.07) is 10.4. The van der Waals surface area contributed by atoms with E-state index in [4.69, 9.17) is 0 Å². The van der Waals surface area contributed by atoms with Gasteiger partial charge in [0.2, 0.25) is 0 Å². The van der Waals surface area contributed by atoms with Gasteiger partial charge in [-0.25, -0.2) is 0 Å². The van der Waals surface area contributed by atoms with Gasteiger partial charge in [-0.3, -0.25) is 9.98 Å². The first-order valence-electron chi connectivity index (χ1n) is 6.98. The summed E-state index contributed by atoms with van der Waals surface area (Å²) in [4.78, 5) is 9.25. The summed E-state index contributed by atoms with van der Waals surface area (Å²) in [5.41, 5.74) is 3.10. The van der Waals surface area contributed by atoms with E-state index in [0.29, 0.717) is 11.2 Å². The molecule has 2 heterocycles. The molecule has 0 saturated heterocycles. The lowest BCUT2D eigenvalue weighted by Crippen LogP contribution is -2.13. The molecule has 1 aromatic heterocycles. The third kappa shape index (κ3) is 2.66. The van der Waals surface area contributed by atoms with Crippen LogP contribution in [0.1, 0.15) is 19.5 Å². The van der Waals surface area contributed by atoms with Crippen LogP contribution in [0, 0.1) is 12.8 Å². The molecule has 0 fully saturated rings. The smallest absolute Gasteiger partial charge is 0.161 e. The van der Waals surface area contributed by atoms with Crippen LogP contribution in [0.2, 0.25) is 0 Å². The average Bonchev–Trinajstić information content (AvgIpc) is 2.88. The van der Waals surface area contributed by atoms with Gasteiger partial charge in [-0.15, -0.1) is 0 Å². The third-order valence-electron chi connectivity index (χ3n) is 3.52. The summed E-state index contributed by atoms with van der Waals surface area (Å²) < 4.78 is 0. The van der Waals surface area contributed by atoms with E-state index in [9.17, 15) is 0 Å². The maximum Gasteiger partial charge on any atom is 0.161 e. The molecule has 0 bridgehead atoms. The van der Waals surface area contributed by atoms with Gasteiger partial charge < -0.3 is 5.32 Å². The number of rotatable bonds is 2. The molecular weight excluding hydrogens is 266 g/mol. The van der Waals surface area contributed by atoms with Gasteiger partial charge in [-0.2, -0.15) is 0 Å². The standard InChI is InChI=1S/C16H19N3S/c1-10(2)14-9-17-16(20-14)19-13-6-4-5-12-8-7-11(3)18-15(12)13/h4-8,10,14H,9H2,1-3H3,(H,17,19). The Morgan fingerprint density at radius 3 is 2.85 bits per heavy atom. The van der Waals surface area contributed by atoms with Gasteiger partial charge in [-0.1, -0.05) is 43.8 Å². The summed E-state index contributed by atoms with van der Waals surface area (Å²) in [6.07, 6.45) is 0. The first kappa shape index (κ1) is 13.4. The second-order valence-electron chi connectivity index (χ2n) is 5.50. The molecule has 20 heavy (non-hydrogen) atoms. The maximum absolute atomic E-state index is 4.65. The van der Waals surface area contributed by atoms with E-state index in [-0.39, 0.29) is 0 Å². The summed E-state index contributed by atoms with van der Waals surface area (Å²) in [7, 11) is 0. The number of nitrogens with one attached hydrogen (secondary N) is 1. The number of hydrogen-bond acceptors (Lipinski definition) is 4. The van der Waals surface area contributed by atoms with Crippen molar-refractivity contribution in [2.75, 3.05) is 11.9 Å². The van der Waals surface area contributed by atoms with Crippen LogP contribution in [-0.2, 0) is 0 Å². The molecular formula is C16H19N3S. The van der Waals surface area contributed by atoms with Gasteiger partial charge in [-0.05, 0) is 25.0 Å². The predicted octanol–water partition coefficient (Wildman–Crippen LogP) is 4.08. The topological polar surface area (TPSA) is 37.3 Å². The average molecular weight is 285 g/mol. The highest BCUT2D eigenvalue weighted by atomic mass is 32.2. The minimum Gasteiger partial charge on any atom is -0.333 e. The van der Waals surface area contributed by atoms with Crippen molar-refractivity contribution in [1.82, 2.24) is 4.98 Å². The second kappa shape index (κ2) is 5.44. The van der Waals surface area contributed by atoms with Crippen LogP contribution in [-0.4, -0.2) is 21.9 Å². The van der Waals surface area contributed by atoms with Crippen molar-refractivity contribution in [3.63, 3.8) is 0 Å². The normalized spacial score (nSPS) is 18.6. The Labute approximate surface area is 123 Å². The summed E-state index contributed by atoms with van der Waals surface area (Å²) >= 11 is 1.84. The Balaban J connectivity index is 1.87. The van der Waals surface area contributed by atoms with E-state index in [1.54, 1.807) is 0 Å². The van der Waals surface area contributed by atoms with Gasteiger partial charge in [0.15, 0.2) is 5.17 Å². The molecule has 0 saturated carbocycles. The number of benzene rings is 1. The van der Waals surface area contributed by atoms with Crippen LogP contribution < -0.4 is 5.32 Å². The molecule has 104 valence electrons. The van der Waals surface area contributed by atoms with Gasteiger partial charge in [0.05, 0.1) is 17.7 Å². The van der Waals surface area contributed by atoms with Crippen molar-refractivity contribution < 1.29 is 0 Å². The number of para-hydroxylation sites is 1. The third-order valence-corrected chi connectivity index (χ3v) is 4.97. The van der Waals surface area contributed by atoms with Gasteiger partial charge in [0.25, 0.3) is 0 Å². The van der Waals surface area contributed by atoms with Crippen molar-refractivity contribution >= 4 is 33.5 Å². The van der Waals surface area contributed by atoms with E-state index in [0.717, 1.165) is 34.0 Å². The van der Waals surface area contributed by atoms with Crippen molar-refractivity contribution in [3.8, 4) is 0 Å². The molecule has 1 aliphatic rings. The number of thioether (sulfide) groups is 1. The number of amidine groups is 1. The Bertz CT molecular complexity index is 664. The quantitative estimate of drug-likeness (QED) is 0.903. The molecule has 1 atom stereocenters. The fourth-order valence-corrected chi connectivity index (χ4v) is 3.29. The van der Waals surface area contributed by atoms with Crippen molar-refractivity contribution in [2.45, 2.75) is 26.0 Å². The van der Waals surface area contributed by atoms with Gasteiger partial charge in [0.1, 0.15) is 0 Å².